The number of hydrogen-bond donors (Lipinski definition) is 0. The van der Waals surface area contributed by atoms with Crippen molar-refractivity contribution in [2.45, 2.75) is 61.2 Å². The highest BCUT2D eigenvalue weighted by Gasteiger charge is 2.49. The average Bonchev–Trinajstić information content (AvgIpc) is 3.01. The van der Waals surface area contributed by atoms with E-state index in [4.69, 9.17) is 23.7 Å². The van der Waals surface area contributed by atoms with E-state index >= 15 is 0 Å². The highest BCUT2D eigenvalue weighted by Crippen LogP contribution is 2.38. The zero-order valence-corrected chi connectivity index (χ0v) is 23.2. The molecule has 6 heteroatoms. The highest BCUT2D eigenvalue weighted by molar-refractivity contribution is 7.99. The highest BCUT2D eigenvalue weighted by atomic mass is 32.2. The molecule has 0 saturated carbocycles. The van der Waals surface area contributed by atoms with Gasteiger partial charge in [-0.3, -0.25) is 0 Å². The lowest BCUT2D eigenvalue weighted by Crippen LogP contribution is -2.60. The Morgan fingerprint density at radius 3 is 1.82 bits per heavy atom. The smallest absolute Gasteiger partial charge is 0.137 e. The number of fused-ring (bicyclic) bond motifs is 3. The van der Waals surface area contributed by atoms with Crippen LogP contribution in [0.3, 0.4) is 0 Å². The molecule has 40 heavy (non-hydrogen) atoms. The van der Waals surface area contributed by atoms with Crippen molar-refractivity contribution in [3.05, 3.63) is 138 Å². The SMILES string of the molecule is c1ccc(CO[C@@H]2[C@H]3OCc4ccccc4COC[C@@H](O[C@H]2Sc2ccccc2)[C@H]3OCc2ccccc2)cc1. The van der Waals surface area contributed by atoms with Crippen LogP contribution in [0, 0.1) is 0 Å². The van der Waals surface area contributed by atoms with Gasteiger partial charge in [-0.2, -0.15) is 0 Å². The summed E-state index contributed by atoms with van der Waals surface area (Å²) in [4.78, 5) is 1.11. The molecule has 2 aliphatic heterocycles. The fourth-order valence-corrected chi connectivity index (χ4v) is 6.30. The summed E-state index contributed by atoms with van der Waals surface area (Å²) in [5.74, 6) is 0. The fraction of sp³-hybridized carbons (Fsp3) is 0.294. The summed E-state index contributed by atoms with van der Waals surface area (Å²) in [6, 6.07) is 39.0. The van der Waals surface area contributed by atoms with Gasteiger partial charge < -0.3 is 23.7 Å². The lowest BCUT2D eigenvalue weighted by molar-refractivity contribution is -0.256. The molecule has 206 valence electrons. The molecule has 0 aromatic heterocycles. The number of thioether (sulfide) groups is 1. The average molecular weight is 555 g/mol. The molecular weight excluding hydrogens is 520 g/mol. The van der Waals surface area contributed by atoms with E-state index in [2.05, 4.69) is 48.5 Å². The van der Waals surface area contributed by atoms with Crippen LogP contribution in [0.2, 0.25) is 0 Å². The molecule has 2 bridgehead atoms. The first-order valence-corrected chi connectivity index (χ1v) is 14.7. The monoisotopic (exact) mass is 554 g/mol. The Hall–Kier alpha value is -2.97. The second kappa shape index (κ2) is 13.6. The van der Waals surface area contributed by atoms with Crippen molar-refractivity contribution in [1.82, 2.24) is 0 Å². The molecule has 1 fully saturated rings. The first-order chi connectivity index (χ1) is 19.8. The van der Waals surface area contributed by atoms with E-state index < -0.39 is 0 Å². The van der Waals surface area contributed by atoms with E-state index in [1.165, 1.54) is 0 Å². The van der Waals surface area contributed by atoms with Gasteiger partial charge in [0, 0.05) is 4.90 Å². The number of ether oxygens (including phenoxy) is 5. The molecule has 0 unspecified atom stereocenters. The summed E-state index contributed by atoms with van der Waals surface area (Å²) in [5, 5.41) is 0. The van der Waals surface area contributed by atoms with Crippen LogP contribution in [0.4, 0.5) is 0 Å². The fourth-order valence-electron chi connectivity index (χ4n) is 5.15. The van der Waals surface area contributed by atoms with Gasteiger partial charge in [0.05, 0.1) is 33.0 Å². The van der Waals surface area contributed by atoms with Crippen molar-refractivity contribution in [2.24, 2.45) is 0 Å². The molecule has 2 heterocycles. The topological polar surface area (TPSA) is 46.2 Å². The van der Waals surface area contributed by atoms with Crippen molar-refractivity contribution < 1.29 is 23.7 Å². The van der Waals surface area contributed by atoms with E-state index in [1.54, 1.807) is 11.8 Å². The van der Waals surface area contributed by atoms with Crippen LogP contribution < -0.4 is 0 Å². The third-order valence-electron chi connectivity index (χ3n) is 7.25. The normalized spacial score (nSPS) is 24.6. The molecular formula is C34H34O5S. The Labute approximate surface area is 240 Å². The predicted octanol–water partition coefficient (Wildman–Crippen LogP) is 6.79. The summed E-state index contributed by atoms with van der Waals surface area (Å²) in [6.45, 7) is 2.23. The van der Waals surface area contributed by atoms with Crippen LogP contribution in [0.15, 0.2) is 120 Å². The van der Waals surface area contributed by atoms with Crippen LogP contribution in [-0.4, -0.2) is 36.5 Å². The molecule has 2 aliphatic rings. The van der Waals surface area contributed by atoms with Gasteiger partial charge in [0.1, 0.15) is 29.9 Å². The van der Waals surface area contributed by atoms with Crippen LogP contribution in [-0.2, 0) is 50.1 Å². The minimum Gasteiger partial charge on any atom is -0.374 e. The lowest BCUT2D eigenvalue weighted by Gasteiger charge is -2.46. The Morgan fingerprint density at radius 2 is 1.18 bits per heavy atom. The summed E-state index contributed by atoms with van der Waals surface area (Å²) in [7, 11) is 0. The molecule has 0 aliphatic carbocycles. The zero-order valence-electron chi connectivity index (χ0n) is 22.3. The van der Waals surface area contributed by atoms with Gasteiger partial charge in [0.25, 0.3) is 0 Å². The van der Waals surface area contributed by atoms with Crippen molar-refractivity contribution in [1.29, 1.82) is 0 Å². The van der Waals surface area contributed by atoms with Gasteiger partial charge >= 0.3 is 0 Å². The summed E-state index contributed by atoms with van der Waals surface area (Å²) in [5.41, 5.74) is 4.13. The Kier molecular flexibility index (Phi) is 9.25. The summed E-state index contributed by atoms with van der Waals surface area (Å²) in [6.07, 6.45) is -1.45. The maximum Gasteiger partial charge on any atom is 0.137 e. The van der Waals surface area contributed by atoms with Gasteiger partial charge in [-0.1, -0.05) is 115 Å². The van der Waals surface area contributed by atoms with E-state index in [9.17, 15) is 0 Å². The second-order valence-electron chi connectivity index (χ2n) is 10.1. The molecule has 4 aromatic carbocycles. The van der Waals surface area contributed by atoms with Crippen molar-refractivity contribution in [2.75, 3.05) is 6.61 Å². The van der Waals surface area contributed by atoms with Crippen molar-refractivity contribution >= 4 is 11.8 Å². The molecule has 5 nitrogen and oxygen atoms in total. The third-order valence-corrected chi connectivity index (χ3v) is 8.40. The van der Waals surface area contributed by atoms with E-state index in [-0.39, 0.29) is 29.9 Å². The Morgan fingerprint density at radius 1 is 0.625 bits per heavy atom. The molecule has 0 N–H and O–H groups in total. The van der Waals surface area contributed by atoms with Crippen LogP contribution in [0.5, 0.6) is 0 Å². The minimum atomic E-state index is -0.381. The maximum absolute atomic E-state index is 6.79. The maximum atomic E-state index is 6.79. The number of hydrogen-bond acceptors (Lipinski definition) is 6. The minimum absolute atomic E-state index is 0.309. The number of rotatable bonds is 8. The molecule has 1 saturated heterocycles. The van der Waals surface area contributed by atoms with Gasteiger partial charge in [-0.05, 0) is 34.4 Å². The summed E-state index contributed by atoms with van der Waals surface area (Å²) < 4.78 is 33.1. The largest absolute Gasteiger partial charge is 0.374 e. The van der Waals surface area contributed by atoms with Gasteiger partial charge in [-0.15, -0.1) is 0 Å². The van der Waals surface area contributed by atoms with E-state index in [1.807, 2.05) is 66.7 Å². The first-order valence-electron chi connectivity index (χ1n) is 13.8. The Bertz CT molecular complexity index is 1320. The quantitative estimate of drug-likeness (QED) is 0.239. The summed E-state index contributed by atoms with van der Waals surface area (Å²) >= 11 is 1.66. The van der Waals surface area contributed by atoms with Crippen LogP contribution in [0.25, 0.3) is 0 Å². The van der Waals surface area contributed by atoms with Gasteiger partial charge in [0.15, 0.2) is 0 Å². The van der Waals surface area contributed by atoms with Gasteiger partial charge in [-0.25, -0.2) is 0 Å². The standard InChI is InChI=1S/C34H34O5S/c1-4-12-25(13-5-1)20-36-31-30-24-35-22-27-16-10-11-17-28(27)23-38-32(31)33(37-21-26-14-6-2-7-15-26)34(39-30)40-29-18-8-3-9-19-29/h1-19,30-34H,20-24H2/t30-,31-,32+,33-,34+/m1/s1. The molecule has 0 spiro atoms. The molecule has 0 amide bonds. The van der Waals surface area contributed by atoms with Gasteiger partial charge in [0.2, 0.25) is 0 Å². The van der Waals surface area contributed by atoms with Crippen molar-refractivity contribution in [3.63, 3.8) is 0 Å². The van der Waals surface area contributed by atoms with Crippen LogP contribution in [0.1, 0.15) is 22.3 Å². The third kappa shape index (κ3) is 6.84. The number of benzene rings is 4. The van der Waals surface area contributed by atoms with E-state index in [0.29, 0.717) is 33.0 Å². The molecule has 0 radical (unpaired) electrons. The van der Waals surface area contributed by atoms with Crippen LogP contribution >= 0.6 is 11.8 Å². The van der Waals surface area contributed by atoms with Crippen molar-refractivity contribution in [3.8, 4) is 0 Å². The zero-order chi connectivity index (χ0) is 27.0. The lowest BCUT2D eigenvalue weighted by atomic mass is 9.98. The molecule has 4 aromatic rings. The first kappa shape index (κ1) is 27.2. The second-order valence-corrected chi connectivity index (χ2v) is 11.2. The molecule has 5 atom stereocenters. The molecule has 6 rings (SSSR count). The van der Waals surface area contributed by atoms with E-state index in [0.717, 1.165) is 27.1 Å². The predicted molar refractivity (Wildman–Crippen MR) is 156 cm³/mol. The Balaban J connectivity index is 1.33.